The summed E-state index contributed by atoms with van der Waals surface area (Å²) in [6.45, 7) is 0.899. The SMILES string of the molecule is CNCCN(C)S(=O)(=O)c1ccc(C#N)cc1OC.Cl. The molecule has 0 fully saturated rings. The molecule has 0 aliphatic rings. The van der Waals surface area contributed by atoms with Crippen LogP contribution in [0.25, 0.3) is 0 Å². The number of nitrogens with zero attached hydrogens (tertiary/aromatic N) is 2. The van der Waals surface area contributed by atoms with Crippen molar-refractivity contribution in [3.8, 4) is 11.8 Å². The van der Waals surface area contributed by atoms with Crippen molar-refractivity contribution >= 4 is 22.4 Å². The van der Waals surface area contributed by atoms with E-state index in [4.69, 9.17) is 10.00 Å². The highest BCUT2D eigenvalue weighted by Gasteiger charge is 2.24. The number of sulfonamides is 1. The minimum atomic E-state index is -3.62. The summed E-state index contributed by atoms with van der Waals surface area (Å²) in [5, 5.41) is 11.7. The van der Waals surface area contributed by atoms with E-state index in [0.717, 1.165) is 0 Å². The van der Waals surface area contributed by atoms with Gasteiger partial charge in [0.25, 0.3) is 0 Å². The molecule has 6 nitrogen and oxygen atoms in total. The Bertz CT molecular complexity index is 584. The van der Waals surface area contributed by atoms with E-state index in [-0.39, 0.29) is 23.1 Å². The number of rotatable bonds is 6. The molecule has 0 atom stereocenters. The molecule has 0 unspecified atom stereocenters. The number of methoxy groups -OCH3 is 1. The maximum absolute atomic E-state index is 12.4. The first kappa shape index (κ1) is 18.7. The average Bonchev–Trinajstić information content (AvgIpc) is 2.43. The molecule has 0 aromatic heterocycles. The van der Waals surface area contributed by atoms with Crippen molar-refractivity contribution in [2.45, 2.75) is 4.90 Å². The second kappa shape index (κ2) is 8.07. The molecule has 0 aliphatic heterocycles. The van der Waals surface area contributed by atoms with Gasteiger partial charge in [0.2, 0.25) is 10.0 Å². The molecular weight excluding hydrogens is 302 g/mol. The number of nitriles is 1. The quantitative estimate of drug-likeness (QED) is 0.839. The monoisotopic (exact) mass is 319 g/mol. The van der Waals surface area contributed by atoms with E-state index in [1.807, 2.05) is 6.07 Å². The molecule has 0 spiro atoms. The van der Waals surface area contributed by atoms with Crippen molar-refractivity contribution in [2.24, 2.45) is 0 Å². The molecular formula is C12H18ClN3O3S. The Labute approximate surface area is 125 Å². The van der Waals surface area contributed by atoms with Gasteiger partial charge >= 0.3 is 0 Å². The molecule has 0 saturated carbocycles. The number of benzene rings is 1. The van der Waals surface area contributed by atoms with Crippen LogP contribution in [-0.4, -0.2) is 47.0 Å². The minimum Gasteiger partial charge on any atom is -0.495 e. The standard InChI is InChI=1S/C12H17N3O3S.ClH/c1-14-6-7-15(2)19(16,17)12-5-4-10(9-13)8-11(12)18-3;/h4-5,8,14H,6-7H2,1-3H3;1H. The number of nitrogens with one attached hydrogen (secondary N) is 1. The summed E-state index contributed by atoms with van der Waals surface area (Å²) in [5.74, 6) is 0.176. The summed E-state index contributed by atoms with van der Waals surface area (Å²) in [4.78, 5) is 0.0626. The third-order valence-corrected chi connectivity index (χ3v) is 4.55. The largest absolute Gasteiger partial charge is 0.495 e. The molecule has 112 valence electrons. The van der Waals surface area contributed by atoms with Gasteiger partial charge in [-0.1, -0.05) is 0 Å². The van der Waals surface area contributed by atoms with Gasteiger partial charge < -0.3 is 10.1 Å². The van der Waals surface area contributed by atoms with Crippen LogP contribution in [-0.2, 0) is 10.0 Å². The summed E-state index contributed by atoms with van der Waals surface area (Å²) >= 11 is 0. The highest BCUT2D eigenvalue weighted by molar-refractivity contribution is 7.89. The maximum atomic E-state index is 12.4. The van der Waals surface area contributed by atoms with Crippen LogP contribution in [0, 0.1) is 11.3 Å². The zero-order chi connectivity index (χ0) is 14.5. The minimum absolute atomic E-state index is 0. The molecule has 1 aromatic rings. The number of likely N-dealkylation sites (N-methyl/N-ethyl adjacent to an activating group) is 2. The third kappa shape index (κ3) is 4.08. The van der Waals surface area contributed by atoms with Gasteiger partial charge in [-0.25, -0.2) is 8.42 Å². The van der Waals surface area contributed by atoms with Crippen molar-refractivity contribution in [1.82, 2.24) is 9.62 Å². The normalized spacial score (nSPS) is 10.8. The van der Waals surface area contributed by atoms with Gasteiger partial charge in [-0.15, -0.1) is 12.4 Å². The molecule has 0 amide bonds. The topological polar surface area (TPSA) is 82.4 Å². The Morgan fingerprint density at radius 3 is 2.60 bits per heavy atom. The highest BCUT2D eigenvalue weighted by Crippen LogP contribution is 2.26. The Hall–Kier alpha value is -1.33. The number of hydrogen-bond donors (Lipinski definition) is 1. The first-order chi connectivity index (χ1) is 8.97. The fourth-order valence-corrected chi connectivity index (χ4v) is 2.81. The Balaban J connectivity index is 0.00000361. The highest BCUT2D eigenvalue weighted by atomic mass is 35.5. The van der Waals surface area contributed by atoms with Gasteiger partial charge in [0, 0.05) is 20.1 Å². The average molecular weight is 320 g/mol. The summed E-state index contributed by atoms with van der Waals surface area (Å²) in [6.07, 6.45) is 0. The number of hydrogen-bond acceptors (Lipinski definition) is 5. The van der Waals surface area contributed by atoms with Crippen LogP contribution in [0.2, 0.25) is 0 Å². The van der Waals surface area contributed by atoms with Crippen LogP contribution in [0.5, 0.6) is 5.75 Å². The second-order valence-corrected chi connectivity index (χ2v) is 5.92. The van der Waals surface area contributed by atoms with Crippen LogP contribution in [0.4, 0.5) is 0 Å². The Kier molecular flexibility index (Phi) is 7.53. The lowest BCUT2D eigenvalue weighted by Gasteiger charge is -2.18. The second-order valence-electron chi connectivity index (χ2n) is 3.91. The molecule has 0 aliphatic carbocycles. The maximum Gasteiger partial charge on any atom is 0.246 e. The fraction of sp³-hybridized carbons (Fsp3) is 0.417. The zero-order valence-corrected chi connectivity index (χ0v) is 13.2. The van der Waals surface area contributed by atoms with Gasteiger partial charge in [-0.3, -0.25) is 0 Å². The first-order valence-electron chi connectivity index (χ1n) is 5.66. The van der Waals surface area contributed by atoms with E-state index in [1.165, 1.54) is 36.7 Å². The van der Waals surface area contributed by atoms with Crippen molar-refractivity contribution < 1.29 is 13.2 Å². The van der Waals surface area contributed by atoms with E-state index < -0.39 is 10.0 Å². The lowest BCUT2D eigenvalue weighted by atomic mass is 10.2. The molecule has 0 heterocycles. The molecule has 1 N–H and O–H groups in total. The van der Waals surface area contributed by atoms with E-state index >= 15 is 0 Å². The van der Waals surface area contributed by atoms with E-state index in [0.29, 0.717) is 18.7 Å². The smallest absolute Gasteiger partial charge is 0.246 e. The molecule has 1 aromatic carbocycles. The van der Waals surface area contributed by atoms with Gasteiger partial charge in [0.05, 0.1) is 18.7 Å². The van der Waals surface area contributed by atoms with Crippen LogP contribution in [0.15, 0.2) is 23.1 Å². The number of halogens is 1. The predicted molar refractivity (Wildman–Crippen MR) is 78.7 cm³/mol. The Morgan fingerprint density at radius 2 is 2.10 bits per heavy atom. The summed E-state index contributed by atoms with van der Waals surface area (Å²) < 4.78 is 31.0. The molecule has 0 radical (unpaired) electrons. The summed E-state index contributed by atoms with van der Waals surface area (Å²) in [7, 11) is 1.02. The van der Waals surface area contributed by atoms with Gasteiger partial charge in [-0.2, -0.15) is 9.57 Å². The zero-order valence-electron chi connectivity index (χ0n) is 11.6. The lowest BCUT2D eigenvalue weighted by molar-refractivity contribution is 0.398. The predicted octanol–water partition coefficient (Wildman–Crippen LogP) is 0.829. The Morgan fingerprint density at radius 1 is 1.45 bits per heavy atom. The van der Waals surface area contributed by atoms with E-state index in [9.17, 15) is 8.42 Å². The van der Waals surface area contributed by atoms with Crippen LogP contribution >= 0.6 is 12.4 Å². The van der Waals surface area contributed by atoms with E-state index in [2.05, 4.69) is 5.32 Å². The van der Waals surface area contributed by atoms with E-state index in [1.54, 1.807) is 7.05 Å². The van der Waals surface area contributed by atoms with Crippen LogP contribution in [0.1, 0.15) is 5.56 Å². The van der Waals surface area contributed by atoms with Crippen LogP contribution < -0.4 is 10.1 Å². The summed E-state index contributed by atoms with van der Waals surface area (Å²) in [5.41, 5.74) is 0.355. The van der Waals surface area contributed by atoms with Crippen LogP contribution in [0.3, 0.4) is 0 Å². The first-order valence-corrected chi connectivity index (χ1v) is 7.10. The molecule has 0 saturated heterocycles. The molecule has 1 rings (SSSR count). The van der Waals surface area contributed by atoms with Crippen molar-refractivity contribution in [3.05, 3.63) is 23.8 Å². The summed E-state index contributed by atoms with van der Waals surface area (Å²) in [6, 6.07) is 6.21. The van der Waals surface area contributed by atoms with Crippen molar-refractivity contribution in [3.63, 3.8) is 0 Å². The molecule has 20 heavy (non-hydrogen) atoms. The lowest BCUT2D eigenvalue weighted by Crippen LogP contribution is -2.33. The third-order valence-electron chi connectivity index (χ3n) is 2.66. The number of ether oxygens (including phenoxy) is 1. The molecule has 0 bridgehead atoms. The van der Waals surface area contributed by atoms with Gasteiger partial charge in [-0.05, 0) is 25.2 Å². The van der Waals surface area contributed by atoms with Gasteiger partial charge in [0.1, 0.15) is 10.6 Å². The van der Waals surface area contributed by atoms with Crippen molar-refractivity contribution in [2.75, 3.05) is 34.3 Å². The van der Waals surface area contributed by atoms with Crippen molar-refractivity contribution in [1.29, 1.82) is 5.26 Å². The van der Waals surface area contributed by atoms with Gasteiger partial charge in [0.15, 0.2) is 0 Å². The molecule has 8 heteroatoms. The fourth-order valence-electron chi connectivity index (χ4n) is 1.51.